The Balaban J connectivity index is 2.05. The molecular weight excluding hydrogens is 333 g/mol. The van der Waals surface area contributed by atoms with Crippen molar-refractivity contribution in [1.29, 1.82) is 0 Å². The maximum absolute atomic E-state index is 11.9. The van der Waals surface area contributed by atoms with Gasteiger partial charge in [-0.05, 0) is 19.1 Å². The minimum atomic E-state index is -0.277. The molecule has 0 spiro atoms. The van der Waals surface area contributed by atoms with Crippen LogP contribution >= 0.6 is 34.5 Å². The number of aromatic nitrogens is 1. The molecule has 0 aliphatic carbocycles. The summed E-state index contributed by atoms with van der Waals surface area (Å²) in [5, 5.41) is 4.95. The Morgan fingerprint density at radius 2 is 2.00 bits per heavy atom. The zero-order valence-electron chi connectivity index (χ0n) is 11.2. The average Bonchev–Trinajstić information content (AvgIpc) is 2.71. The molecule has 0 bridgehead atoms. The molecule has 1 heterocycles. The van der Waals surface area contributed by atoms with Crippen LogP contribution in [0, 0.1) is 6.92 Å². The molecular formula is C13H13Cl2N3O2S. The van der Waals surface area contributed by atoms with Gasteiger partial charge in [0, 0.05) is 29.7 Å². The summed E-state index contributed by atoms with van der Waals surface area (Å²) in [4.78, 5) is 23.4. The first-order valence-electron chi connectivity index (χ1n) is 6.08. The summed E-state index contributed by atoms with van der Waals surface area (Å²) in [6, 6.07) is 3.02. The number of nitrogens with two attached hydrogens (primary N) is 1. The van der Waals surface area contributed by atoms with E-state index in [9.17, 15) is 9.59 Å². The third kappa shape index (κ3) is 3.78. The van der Waals surface area contributed by atoms with Gasteiger partial charge < -0.3 is 15.6 Å². The van der Waals surface area contributed by atoms with Gasteiger partial charge in [0.25, 0.3) is 0 Å². The van der Waals surface area contributed by atoms with Crippen molar-refractivity contribution in [2.75, 3.05) is 11.1 Å². The predicted octanol–water partition coefficient (Wildman–Crippen LogP) is 3.14. The number of hydrogen-bond donors (Lipinski definition) is 2. The van der Waals surface area contributed by atoms with Crippen LogP contribution < -0.4 is 15.9 Å². The molecule has 0 atom stereocenters. The highest BCUT2D eigenvalue weighted by molar-refractivity contribution is 7.07. The monoisotopic (exact) mass is 345 g/mol. The second-order valence-electron chi connectivity index (χ2n) is 4.45. The molecule has 0 unspecified atom stereocenters. The van der Waals surface area contributed by atoms with E-state index < -0.39 is 0 Å². The minimum Gasteiger partial charge on any atom is -0.399 e. The second-order valence-corrected chi connectivity index (χ2v) is 6.09. The van der Waals surface area contributed by atoms with Gasteiger partial charge in [-0.2, -0.15) is 0 Å². The van der Waals surface area contributed by atoms with Crippen molar-refractivity contribution in [3.8, 4) is 0 Å². The summed E-state index contributed by atoms with van der Waals surface area (Å²) in [7, 11) is 0. The molecule has 1 aromatic carbocycles. The van der Waals surface area contributed by atoms with E-state index in [1.54, 1.807) is 9.95 Å². The molecule has 0 saturated carbocycles. The molecule has 0 radical (unpaired) electrons. The first kappa shape index (κ1) is 15.9. The molecule has 0 saturated heterocycles. The molecule has 112 valence electrons. The van der Waals surface area contributed by atoms with E-state index in [0.717, 1.165) is 17.0 Å². The number of carbonyl (C=O) groups excluding carboxylic acids is 1. The molecule has 0 aliphatic rings. The Hall–Kier alpha value is -1.50. The third-order valence-electron chi connectivity index (χ3n) is 2.87. The molecule has 2 aromatic rings. The number of aryl methyl sites for hydroxylation is 1. The largest absolute Gasteiger partial charge is 0.399 e. The summed E-state index contributed by atoms with van der Waals surface area (Å²) in [5.74, 6) is -0.277. The normalized spacial score (nSPS) is 10.6. The third-order valence-corrected chi connectivity index (χ3v) is 4.34. The van der Waals surface area contributed by atoms with Gasteiger partial charge in [0.15, 0.2) is 0 Å². The van der Waals surface area contributed by atoms with E-state index in [2.05, 4.69) is 5.32 Å². The Morgan fingerprint density at radius 3 is 2.52 bits per heavy atom. The average molecular weight is 346 g/mol. The summed E-state index contributed by atoms with van der Waals surface area (Å²) < 4.78 is 1.55. The lowest BCUT2D eigenvalue weighted by molar-refractivity contribution is -0.116. The van der Waals surface area contributed by atoms with E-state index >= 15 is 0 Å². The molecule has 0 aliphatic heterocycles. The molecule has 3 N–H and O–H groups in total. The zero-order valence-corrected chi connectivity index (χ0v) is 13.5. The number of anilines is 2. The van der Waals surface area contributed by atoms with Crippen molar-refractivity contribution >= 4 is 51.8 Å². The molecule has 1 aromatic heterocycles. The fourth-order valence-electron chi connectivity index (χ4n) is 1.80. The lowest BCUT2D eigenvalue weighted by Gasteiger charge is -2.10. The molecule has 8 heteroatoms. The van der Waals surface area contributed by atoms with Gasteiger partial charge in [-0.25, -0.2) is 0 Å². The van der Waals surface area contributed by atoms with E-state index in [1.165, 1.54) is 12.1 Å². The highest BCUT2D eigenvalue weighted by atomic mass is 35.5. The van der Waals surface area contributed by atoms with Crippen molar-refractivity contribution < 1.29 is 4.79 Å². The maximum atomic E-state index is 11.9. The topological polar surface area (TPSA) is 77.1 Å². The van der Waals surface area contributed by atoms with Crippen LogP contribution in [-0.2, 0) is 11.3 Å². The van der Waals surface area contributed by atoms with Crippen LogP contribution in [0.1, 0.15) is 12.1 Å². The van der Waals surface area contributed by atoms with Crippen molar-refractivity contribution in [2.45, 2.75) is 19.9 Å². The first-order chi connectivity index (χ1) is 9.88. The van der Waals surface area contributed by atoms with Crippen molar-refractivity contribution in [1.82, 2.24) is 4.57 Å². The quantitative estimate of drug-likeness (QED) is 0.835. The van der Waals surface area contributed by atoms with Crippen molar-refractivity contribution in [3.05, 3.63) is 42.9 Å². The molecule has 5 nitrogen and oxygen atoms in total. The second kappa shape index (κ2) is 6.51. The van der Waals surface area contributed by atoms with Crippen LogP contribution in [0.5, 0.6) is 0 Å². The summed E-state index contributed by atoms with van der Waals surface area (Å²) in [5.41, 5.74) is 7.18. The number of carbonyl (C=O) groups is 1. The number of rotatable bonds is 4. The highest BCUT2D eigenvalue weighted by Gasteiger charge is 2.12. The smallest absolute Gasteiger partial charge is 0.307 e. The summed E-state index contributed by atoms with van der Waals surface area (Å²) in [6.45, 7) is 2.13. The SMILES string of the molecule is Cc1csc(=O)n1CCC(=O)Nc1c(Cl)cc(N)cc1Cl. The fraction of sp³-hybridized carbons (Fsp3) is 0.231. The number of nitrogen functional groups attached to an aromatic ring is 1. The maximum Gasteiger partial charge on any atom is 0.307 e. The molecule has 1 amide bonds. The number of amides is 1. The molecule has 2 rings (SSSR count). The Morgan fingerprint density at radius 1 is 1.38 bits per heavy atom. The van der Waals surface area contributed by atoms with Gasteiger partial charge in [0.1, 0.15) is 0 Å². The zero-order chi connectivity index (χ0) is 15.6. The summed E-state index contributed by atoms with van der Waals surface area (Å²) >= 11 is 13.1. The summed E-state index contributed by atoms with van der Waals surface area (Å²) in [6.07, 6.45) is 0.147. The number of hydrogen-bond acceptors (Lipinski definition) is 4. The van der Waals surface area contributed by atoms with Gasteiger partial charge in [-0.15, -0.1) is 0 Å². The first-order valence-corrected chi connectivity index (χ1v) is 7.71. The van der Waals surface area contributed by atoms with E-state index in [4.69, 9.17) is 28.9 Å². The lowest BCUT2D eigenvalue weighted by Crippen LogP contribution is -2.20. The standard InChI is InChI=1S/C13H13Cl2N3O2S/c1-7-6-21-13(20)18(7)3-2-11(19)17-12-9(14)4-8(16)5-10(12)15/h4-6H,2-3,16H2,1H3,(H,17,19). The van der Waals surface area contributed by atoms with Crippen molar-refractivity contribution in [2.24, 2.45) is 0 Å². The van der Waals surface area contributed by atoms with Crippen LogP contribution in [-0.4, -0.2) is 10.5 Å². The number of halogens is 2. The van der Waals surface area contributed by atoms with Gasteiger partial charge in [-0.1, -0.05) is 34.5 Å². The fourth-order valence-corrected chi connectivity index (χ4v) is 3.16. The van der Waals surface area contributed by atoms with Crippen LogP contribution in [0.4, 0.5) is 11.4 Å². The van der Waals surface area contributed by atoms with Gasteiger partial charge in [0.05, 0.1) is 15.7 Å². The van der Waals surface area contributed by atoms with Crippen LogP contribution in [0.3, 0.4) is 0 Å². The van der Waals surface area contributed by atoms with Crippen LogP contribution in [0.15, 0.2) is 22.3 Å². The number of benzene rings is 1. The molecule has 21 heavy (non-hydrogen) atoms. The highest BCUT2D eigenvalue weighted by Crippen LogP contribution is 2.32. The van der Waals surface area contributed by atoms with E-state index in [0.29, 0.717) is 17.9 Å². The number of nitrogens with one attached hydrogen (secondary N) is 1. The minimum absolute atomic E-state index is 0.0798. The van der Waals surface area contributed by atoms with Gasteiger partial charge in [-0.3, -0.25) is 9.59 Å². The Bertz CT molecular complexity index is 716. The Kier molecular flexibility index (Phi) is 4.92. The number of thiazole rings is 1. The number of nitrogens with zero attached hydrogens (tertiary/aromatic N) is 1. The predicted molar refractivity (Wildman–Crippen MR) is 87.4 cm³/mol. The van der Waals surface area contributed by atoms with E-state index in [1.807, 2.05) is 6.92 Å². The Labute approximate surface area is 135 Å². The van der Waals surface area contributed by atoms with Crippen LogP contribution in [0.25, 0.3) is 0 Å². The van der Waals surface area contributed by atoms with E-state index in [-0.39, 0.29) is 27.2 Å². The van der Waals surface area contributed by atoms with Gasteiger partial charge in [0.2, 0.25) is 5.91 Å². The van der Waals surface area contributed by atoms with Gasteiger partial charge >= 0.3 is 4.87 Å². The van der Waals surface area contributed by atoms with Crippen LogP contribution in [0.2, 0.25) is 10.0 Å². The van der Waals surface area contributed by atoms with Crippen molar-refractivity contribution in [3.63, 3.8) is 0 Å². The molecule has 0 fully saturated rings. The lowest BCUT2D eigenvalue weighted by atomic mass is 10.2.